The molecule has 1 fully saturated rings. The second-order valence-corrected chi connectivity index (χ2v) is 4.89. The van der Waals surface area contributed by atoms with Gasteiger partial charge in [-0.3, -0.25) is 0 Å². The van der Waals surface area contributed by atoms with Crippen molar-refractivity contribution >= 4 is 23.4 Å². The molecule has 2 heterocycles. The van der Waals surface area contributed by atoms with E-state index in [4.69, 9.17) is 21.4 Å². The Morgan fingerprint density at radius 2 is 2.32 bits per heavy atom. The van der Waals surface area contributed by atoms with Crippen LogP contribution in [0.15, 0.2) is 12.1 Å². The first-order valence-corrected chi connectivity index (χ1v) is 6.29. The molecule has 2 N–H and O–H groups in total. The Labute approximate surface area is 115 Å². The molecule has 1 aromatic rings. The van der Waals surface area contributed by atoms with Crippen LogP contribution in [-0.4, -0.2) is 53.1 Å². The summed E-state index contributed by atoms with van der Waals surface area (Å²) in [4.78, 5) is 17.0. The second kappa shape index (κ2) is 5.73. The maximum Gasteiger partial charge on any atom is 0.335 e. The number of carbonyl (C=O) groups is 1. The SMILES string of the molecule is CC1CN(c2cc(C(=O)O)cc(Cl)n2)CC(CO)O1. The van der Waals surface area contributed by atoms with Crippen LogP contribution in [0.1, 0.15) is 17.3 Å². The number of hydrogen-bond donors (Lipinski definition) is 2. The lowest BCUT2D eigenvalue weighted by atomic mass is 10.2. The van der Waals surface area contributed by atoms with Gasteiger partial charge in [-0.25, -0.2) is 9.78 Å². The summed E-state index contributed by atoms with van der Waals surface area (Å²) in [5, 5.41) is 18.3. The van der Waals surface area contributed by atoms with Crippen LogP contribution in [-0.2, 0) is 4.74 Å². The van der Waals surface area contributed by atoms with Crippen molar-refractivity contribution in [1.82, 2.24) is 4.98 Å². The molecule has 104 valence electrons. The van der Waals surface area contributed by atoms with E-state index >= 15 is 0 Å². The first kappa shape index (κ1) is 14.0. The molecule has 0 aliphatic carbocycles. The molecule has 2 atom stereocenters. The molecule has 1 saturated heterocycles. The van der Waals surface area contributed by atoms with Gasteiger partial charge >= 0.3 is 5.97 Å². The number of carboxylic acids is 1. The molecule has 19 heavy (non-hydrogen) atoms. The number of nitrogens with zero attached hydrogens (tertiary/aromatic N) is 2. The van der Waals surface area contributed by atoms with Gasteiger partial charge in [0.05, 0.1) is 24.4 Å². The van der Waals surface area contributed by atoms with Crippen LogP contribution < -0.4 is 4.90 Å². The predicted molar refractivity (Wildman–Crippen MR) is 69.8 cm³/mol. The third-order valence-corrected chi connectivity index (χ3v) is 3.08. The number of aliphatic hydroxyl groups excluding tert-OH is 1. The van der Waals surface area contributed by atoms with Gasteiger partial charge in [0.15, 0.2) is 0 Å². The van der Waals surface area contributed by atoms with Gasteiger partial charge in [-0.15, -0.1) is 0 Å². The van der Waals surface area contributed by atoms with E-state index in [-0.39, 0.29) is 29.5 Å². The lowest BCUT2D eigenvalue weighted by Gasteiger charge is -2.36. The maximum absolute atomic E-state index is 11.0. The van der Waals surface area contributed by atoms with Gasteiger partial charge in [0, 0.05) is 13.1 Å². The quantitative estimate of drug-likeness (QED) is 0.807. The van der Waals surface area contributed by atoms with Crippen molar-refractivity contribution in [3.63, 3.8) is 0 Å². The molecule has 0 saturated carbocycles. The van der Waals surface area contributed by atoms with Crippen molar-refractivity contribution in [1.29, 1.82) is 0 Å². The van der Waals surface area contributed by atoms with Crippen molar-refractivity contribution < 1.29 is 19.7 Å². The highest BCUT2D eigenvalue weighted by Crippen LogP contribution is 2.22. The summed E-state index contributed by atoms with van der Waals surface area (Å²) in [6.45, 7) is 2.82. The van der Waals surface area contributed by atoms with Crippen molar-refractivity contribution in [2.24, 2.45) is 0 Å². The molecule has 0 aromatic carbocycles. The van der Waals surface area contributed by atoms with Crippen molar-refractivity contribution in [3.8, 4) is 0 Å². The third kappa shape index (κ3) is 3.34. The van der Waals surface area contributed by atoms with Crippen LogP contribution in [0.5, 0.6) is 0 Å². The van der Waals surface area contributed by atoms with Gasteiger partial charge in [0.1, 0.15) is 11.0 Å². The lowest BCUT2D eigenvalue weighted by Crippen LogP contribution is -2.48. The van der Waals surface area contributed by atoms with Gasteiger partial charge in [0.2, 0.25) is 0 Å². The van der Waals surface area contributed by atoms with E-state index in [9.17, 15) is 9.90 Å². The molecule has 1 aliphatic heterocycles. The molecule has 0 spiro atoms. The molecular weight excluding hydrogens is 272 g/mol. The fourth-order valence-electron chi connectivity index (χ4n) is 2.10. The summed E-state index contributed by atoms with van der Waals surface area (Å²) in [6.07, 6.45) is -0.377. The molecule has 2 rings (SSSR count). The summed E-state index contributed by atoms with van der Waals surface area (Å²) in [5.74, 6) is -0.566. The maximum atomic E-state index is 11.0. The van der Waals surface area contributed by atoms with Crippen LogP contribution in [0.4, 0.5) is 5.82 Å². The Balaban J connectivity index is 2.27. The highest BCUT2D eigenvalue weighted by atomic mass is 35.5. The summed E-state index contributed by atoms with van der Waals surface area (Å²) < 4.78 is 5.53. The zero-order chi connectivity index (χ0) is 14.0. The largest absolute Gasteiger partial charge is 0.478 e. The monoisotopic (exact) mass is 286 g/mol. The van der Waals surface area contributed by atoms with E-state index in [2.05, 4.69) is 4.98 Å². The minimum atomic E-state index is -1.05. The van der Waals surface area contributed by atoms with Gasteiger partial charge in [0.25, 0.3) is 0 Å². The molecule has 1 aromatic heterocycles. The zero-order valence-electron chi connectivity index (χ0n) is 10.4. The van der Waals surface area contributed by atoms with Crippen LogP contribution in [0, 0.1) is 0 Å². The van der Waals surface area contributed by atoms with Crippen molar-refractivity contribution in [3.05, 3.63) is 22.8 Å². The Kier molecular flexibility index (Phi) is 4.24. The number of hydrogen-bond acceptors (Lipinski definition) is 5. The van der Waals surface area contributed by atoms with Crippen LogP contribution >= 0.6 is 11.6 Å². The van der Waals surface area contributed by atoms with Gasteiger partial charge in [-0.05, 0) is 19.1 Å². The Bertz CT molecular complexity index is 483. The van der Waals surface area contributed by atoms with E-state index in [1.165, 1.54) is 12.1 Å². The van der Waals surface area contributed by atoms with Gasteiger partial charge in [-0.1, -0.05) is 11.6 Å². The zero-order valence-corrected chi connectivity index (χ0v) is 11.2. The highest BCUT2D eigenvalue weighted by molar-refractivity contribution is 6.29. The number of aromatic nitrogens is 1. The molecule has 7 heteroatoms. The Morgan fingerprint density at radius 1 is 1.58 bits per heavy atom. The fourth-order valence-corrected chi connectivity index (χ4v) is 2.31. The van der Waals surface area contributed by atoms with Crippen molar-refractivity contribution in [2.45, 2.75) is 19.1 Å². The van der Waals surface area contributed by atoms with Gasteiger partial charge < -0.3 is 19.8 Å². The summed E-state index contributed by atoms with van der Waals surface area (Å²) >= 11 is 5.84. The van der Waals surface area contributed by atoms with E-state index < -0.39 is 5.97 Å². The standard InChI is InChI=1S/C12H15ClN2O4/c1-7-4-15(5-9(6-16)19-7)11-3-8(12(17)18)2-10(13)14-11/h2-3,7,9,16H,4-6H2,1H3,(H,17,18). The molecule has 6 nitrogen and oxygen atoms in total. The van der Waals surface area contributed by atoms with Crippen LogP contribution in [0.25, 0.3) is 0 Å². The number of aliphatic hydroxyl groups is 1. The fraction of sp³-hybridized carbons (Fsp3) is 0.500. The Hall–Kier alpha value is -1.37. The van der Waals surface area contributed by atoms with E-state index in [0.29, 0.717) is 18.9 Å². The third-order valence-electron chi connectivity index (χ3n) is 2.88. The van der Waals surface area contributed by atoms with E-state index in [1.54, 1.807) is 0 Å². The number of ether oxygens (including phenoxy) is 1. The molecule has 1 aliphatic rings. The number of morpholine rings is 1. The molecule has 0 bridgehead atoms. The summed E-state index contributed by atoms with van der Waals surface area (Å²) in [7, 11) is 0. The van der Waals surface area contributed by atoms with Crippen LogP contribution in [0.2, 0.25) is 5.15 Å². The number of aromatic carboxylic acids is 1. The number of carboxylic acid groups (broad SMARTS) is 1. The van der Waals surface area contributed by atoms with Crippen molar-refractivity contribution in [2.75, 3.05) is 24.6 Å². The summed E-state index contributed by atoms with van der Waals surface area (Å²) in [5.41, 5.74) is 0.0923. The molecule has 2 unspecified atom stereocenters. The Morgan fingerprint density at radius 3 is 2.95 bits per heavy atom. The lowest BCUT2D eigenvalue weighted by molar-refractivity contribution is -0.0423. The minimum absolute atomic E-state index is 0.0695. The average molecular weight is 287 g/mol. The normalized spacial score (nSPS) is 23.4. The van der Waals surface area contributed by atoms with Gasteiger partial charge in [-0.2, -0.15) is 0 Å². The topological polar surface area (TPSA) is 82.9 Å². The summed E-state index contributed by atoms with van der Waals surface area (Å²) in [6, 6.07) is 2.78. The number of halogens is 1. The first-order valence-electron chi connectivity index (χ1n) is 5.91. The predicted octanol–water partition coefficient (Wildman–Crippen LogP) is 1.02. The molecule has 0 radical (unpaired) electrons. The van der Waals surface area contributed by atoms with E-state index in [0.717, 1.165) is 0 Å². The first-order chi connectivity index (χ1) is 8.99. The molecular formula is C12H15ClN2O4. The number of pyridine rings is 1. The van der Waals surface area contributed by atoms with Crippen LogP contribution in [0.3, 0.4) is 0 Å². The smallest absolute Gasteiger partial charge is 0.335 e. The highest BCUT2D eigenvalue weighted by Gasteiger charge is 2.26. The second-order valence-electron chi connectivity index (χ2n) is 4.50. The number of rotatable bonds is 3. The average Bonchev–Trinajstić information content (AvgIpc) is 2.37. The van der Waals surface area contributed by atoms with E-state index in [1.807, 2.05) is 11.8 Å². The minimum Gasteiger partial charge on any atom is -0.478 e. The number of anilines is 1. The molecule has 0 amide bonds.